The van der Waals surface area contributed by atoms with E-state index in [0.29, 0.717) is 35.1 Å². The second kappa shape index (κ2) is 9.44. The van der Waals surface area contributed by atoms with E-state index in [4.69, 9.17) is 4.74 Å². The molecule has 0 radical (unpaired) electrons. The van der Waals surface area contributed by atoms with Crippen LogP contribution in [-0.4, -0.2) is 18.5 Å². The number of ether oxygens (including phenoxy) is 1. The molecule has 8 atom stereocenters. The minimum absolute atomic E-state index is 0.143. The molecule has 0 amide bonds. The third-order valence-corrected chi connectivity index (χ3v) is 11.5. The van der Waals surface area contributed by atoms with E-state index in [9.17, 15) is 4.79 Å². The van der Waals surface area contributed by atoms with Crippen molar-refractivity contribution in [1.29, 1.82) is 0 Å². The molecule has 33 heavy (non-hydrogen) atoms. The molecule has 3 fully saturated rings. The molecule has 4 rings (SSSR count). The predicted octanol–water partition coefficient (Wildman–Crippen LogP) is 8.39. The molecule has 0 unspecified atom stereocenters. The molecular weight excluding hydrogens is 404 g/mol. The van der Waals surface area contributed by atoms with Crippen molar-refractivity contribution in [3.8, 4) is 0 Å². The second-order valence-electron chi connectivity index (χ2n) is 13.3. The molecule has 0 aromatic carbocycles. The SMILES string of the molecule is CCO[C@H]1CC[C@@]2(C)[C@@H](CC=C3[C@@H]2CC[C@]2(C)[C@@H]([C@H](C)CCCC(C)C)CC(=O)[C@@]32CC)C1. The summed E-state index contributed by atoms with van der Waals surface area (Å²) in [6, 6.07) is 0. The van der Waals surface area contributed by atoms with E-state index in [1.165, 1.54) is 51.4 Å². The molecule has 0 aliphatic heterocycles. The molecule has 2 nitrogen and oxygen atoms in total. The molecule has 0 saturated heterocycles. The molecule has 3 saturated carbocycles. The van der Waals surface area contributed by atoms with E-state index in [1.807, 2.05) is 0 Å². The number of hydrogen-bond acceptors (Lipinski definition) is 2. The van der Waals surface area contributed by atoms with Crippen molar-refractivity contribution in [3.05, 3.63) is 11.6 Å². The smallest absolute Gasteiger partial charge is 0.143 e. The van der Waals surface area contributed by atoms with Gasteiger partial charge in [0, 0.05) is 13.0 Å². The number of rotatable bonds is 8. The fraction of sp³-hybridized carbons (Fsp3) is 0.903. The van der Waals surface area contributed by atoms with Gasteiger partial charge in [0.25, 0.3) is 0 Å². The molecule has 0 spiro atoms. The molecule has 0 aromatic heterocycles. The highest BCUT2D eigenvalue weighted by Crippen LogP contribution is 2.72. The summed E-state index contributed by atoms with van der Waals surface area (Å²) in [6.45, 7) is 17.5. The van der Waals surface area contributed by atoms with Crippen molar-refractivity contribution in [1.82, 2.24) is 0 Å². The number of Topliss-reactive ketones (excluding diaryl/α,β-unsaturated/α-hetero) is 1. The third kappa shape index (κ3) is 3.89. The van der Waals surface area contributed by atoms with Crippen LogP contribution in [0, 0.1) is 45.8 Å². The van der Waals surface area contributed by atoms with Crippen LogP contribution >= 0.6 is 0 Å². The largest absolute Gasteiger partial charge is 0.378 e. The molecule has 2 heteroatoms. The van der Waals surface area contributed by atoms with Crippen LogP contribution in [0.3, 0.4) is 0 Å². The molecule has 188 valence electrons. The standard InChI is InChI=1S/C31H52O2/c1-8-31-26-14-13-23-19-24(33-9-2)15-17-29(23,6)25(26)16-18-30(31,7)27(20-28(31)32)22(5)12-10-11-21(3)4/h14,21-25,27H,8-13,15-20H2,1-7H3/t22-,23+,24+,25+,27-,29+,30-,31-/m1/s1. The van der Waals surface area contributed by atoms with Crippen LogP contribution in [0.15, 0.2) is 11.6 Å². The summed E-state index contributed by atoms with van der Waals surface area (Å²) in [5.74, 6) is 3.90. The van der Waals surface area contributed by atoms with Gasteiger partial charge in [0.15, 0.2) is 0 Å². The number of ketones is 1. The van der Waals surface area contributed by atoms with Gasteiger partial charge in [-0.1, -0.05) is 72.5 Å². The van der Waals surface area contributed by atoms with Crippen LogP contribution in [0.4, 0.5) is 0 Å². The lowest BCUT2D eigenvalue weighted by Gasteiger charge is -2.61. The number of carbonyl (C=O) groups is 1. The summed E-state index contributed by atoms with van der Waals surface area (Å²) < 4.78 is 6.07. The molecule has 0 heterocycles. The third-order valence-electron chi connectivity index (χ3n) is 11.5. The van der Waals surface area contributed by atoms with E-state index in [2.05, 4.69) is 54.5 Å². The Morgan fingerprint density at radius 2 is 1.85 bits per heavy atom. The minimum Gasteiger partial charge on any atom is -0.378 e. The van der Waals surface area contributed by atoms with E-state index in [-0.39, 0.29) is 10.8 Å². The Balaban J connectivity index is 1.63. The number of hydrogen-bond donors (Lipinski definition) is 0. The normalized spacial score (nSPS) is 43.6. The minimum atomic E-state index is -0.197. The Labute approximate surface area is 204 Å². The molecule has 4 aliphatic carbocycles. The van der Waals surface area contributed by atoms with Gasteiger partial charge in [-0.25, -0.2) is 0 Å². The zero-order valence-corrected chi connectivity index (χ0v) is 22.8. The van der Waals surface area contributed by atoms with Crippen LogP contribution in [0.25, 0.3) is 0 Å². The Kier molecular flexibility index (Phi) is 7.28. The van der Waals surface area contributed by atoms with Crippen LogP contribution < -0.4 is 0 Å². The Morgan fingerprint density at radius 3 is 2.52 bits per heavy atom. The maximum atomic E-state index is 14.1. The monoisotopic (exact) mass is 456 g/mol. The van der Waals surface area contributed by atoms with Crippen LogP contribution in [0.2, 0.25) is 0 Å². The number of allylic oxidation sites excluding steroid dienone is 2. The maximum absolute atomic E-state index is 14.1. The maximum Gasteiger partial charge on any atom is 0.143 e. The van der Waals surface area contributed by atoms with Crippen molar-refractivity contribution < 1.29 is 9.53 Å². The summed E-state index contributed by atoms with van der Waals surface area (Å²) >= 11 is 0. The van der Waals surface area contributed by atoms with Gasteiger partial charge in [0.2, 0.25) is 0 Å². The molecular formula is C31H52O2. The first-order valence-electron chi connectivity index (χ1n) is 14.5. The van der Waals surface area contributed by atoms with E-state index >= 15 is 0 Å². The van der Waals surface area contributed by atoms with Gasteiger partial charge in [0.1, 0.15) is 5.78 Å². The zero-order chi connectivity index (χ0) is 24.0. The van der Waals surface area contributed by atoms with E-state index in [1.54, 1.807) is 5.57 Å². The topological polar surface area (TPSA) is 26.3 Å². The van der Waals surface area contributed by atoms with Crippen LogP contribution in [-0.2, 0) is 9.53 Å². The van der Waals surface area contributed by atoms with E-state index < -0.39 is 0 Å². The van der Waals surface area contributed by atoms with Crippen LogP contribution in [0.1, 0.15) is 119 Å². The summed E-state index contributed by atoms with van der Waals surface area (Å²) in [6.07, 6.45) is 16.1. The first-order valence-corrected chi connectivity index (χ1v) is 14.5. The summed E-state index contributed by atoms with van der Waals surface area (Å²) in [7, 11) is 0. The fourth-order valence-corrected chi connectivity index (χ4v) is 9.57. The van der Waals surface area contributed by atoms with Crippen molar-refractivity contribution in [2.75, 3.05) is 6.61 Å². The lowest BCUT2D eigenvalue weighted by molar-refractivity contribution is -0.133. The molecule has 4 aliphatic rings. The first-order chi connectivity index (χ1) is 15.6. The average Bonchev–Trinajstić information content (AvgIpc) is 3.01. The second-order valence-corrected chi connectivity index (χ2v) is 13.3. The van der Waals surface area contributed by atoms with Crippen molar-refractivity contribution in [3.63, 3.8) is 0 Å². The Hall–Kier alpha value is -0.630. The lowest BCUT2D eigenvalue weighted by atomic mass is 9.42. The Bertz CT molecular complexity index is 752. The molecule has 0 N–H and O–H groups in total. The van der Waals surface area contributed by atoms with Gasteiger partial charge in [-0.3, -0.25) is 4.79 Å². The average molecular weight is 457 g/mol. The summed E-state index contributed by atoms with van der Waals surface area (Å²) in [5, 5.41) is 0. The van der Waals surface area contributed by atoms with Gasteiger partial charge < -0.3 is 4.74 Å². The predicted molar refractivity (Wildman–Crippen MR) is 138 cm³/mol. The highest BCUT2D eigenvalue weighted by molar-refractivity contribution is 5.92. The van der Waals surface area contributed by atoms with Crippen molar-refractivity contribution >= 4 is 5.78 Å². The van der Waals surface area contributed by atoms with Crippen molar-refractivity contribution in [2.45, 2.75) is 125 Å². The van der Waals surface area contributed by atoms with Crippen LogP contribution in [0.5, 0.6) is 0 Å². The quantitative estimate of drug-likeness (QED) is 0.343. The van der Waals surface area contributed by atoms with Gasteiger partial charge in [-0.15, -0.1) is 0 Å². The van der Waals surface area contributed by atoms with Gasteiger partial charge >= 0.3 is 0 Å². The lowest BCUT2D eigenvalue weighted by Crippen LogP contribution is -2.56. The molecule has 0 bridgehead atoms. The fourth-order valence-electron chi connectivity index (χ4n) is 9.57. The van der Waals surface area contributed by atoms with Crippen molar-refractivity contribution in [2.24, 2.45) is 45.8 Å². The highest BCUT2D eigenvalue weighted by atomic mass is 16.5. The first kappa shape index (κ1) is 25.5. The molecule has 0 aromatic rings. The highest BCUT2D eigenvalue weighted by Gasteiger charge is 2.68. The number of carbonyl (C=O) groups excluding carboxylic acids is 1. The summed E-state index contributed by atoms with van der Waals surface area (Å²) in [5.41, 5.74) is 1.89. The van der Waals surface area contributed by atoms with Gasteiger partial charge in [0.05, 0.1) is 11.5 Å². The Morgan fingerprint density at radius 1 is 1.09 bits per heavy atom. The summed E-state index contributed by atoms with van der Waals surface area (Å²) in [4.78, 5) is 14.1. The number of fused-ring (bicyclic) bond motifs is 5. The van der Waals surface area contributed by atoms with E-state index in [0.717, 1.165) is 37.7 Å². The van der Waals surface area contributed by atoms with Gasteiger partial charge in [-0.2, -0.15) is 0 Å². The van der Waals surface area contributed by atoms with Gasteiger partial charge in [-0.05, 0) is 92.3 Å². The zero-order valence-electron chi connectivity index (χ0n) is 22.8.